The zero-order valence-corrected chi connectivity index (χ0v) is 22.2. The van der Waals surface area contributed by atoms with Crippen LogP contribution in [-0.4, -0.2) is 50.0 Å². The van der Waals surface area contributed by atoms with Crippen molar-refractivity contribution in [1.82, 2.24) is 10.2 Å². The van der Waals surface area contributed by atoms with Gasteiger partial charge in [0.25, 0.3) is 0 Å². The van der Waals surface area contributed by atoms with E-state index in [1.54, 1.807) is 19.1 Å². The summed E-state index contributed by atoms with van der Waals surface area (Å²) < 4.78 is 26.9. The molecule has 33 heavy (non-hydrogen) atoms. The van der Waals surface area contributed by atoms with Crippen LogP contribution in [0.3, 0.4) is 0 Å². The molecule has 2 rings (SSSR count). The molecular formula is C23H29BrClN3O4S. The van der Waals surface area contributed by atoms with Crippen molar-refractivity contribution in [1.29, 1.82) is 0 Å². The molecule has 0 radical (unpaired) electrons. The van der Waals surface area contributed by atoms with Crippen molar-refractivity contribution in [2.45, 2.75) is 45.8 Å². The fourth-order valence-corrected chi connectivity index (χ4v) is 4.52. The van der Waals surface area contributed by atoms with E-state index in [1.807, 2.05) is 38.1 Å². The first-order chi connectivity index (χ1) is 15.4. The predicted molar refractivity (Wildman–Crippen MR) is 136 cm³/mol. The standard InChI is InChI=1S/C23H29BrClN3O4S/c1-5-16(2)26-23(30)17(3)27(14-18-7-6-8-19(24)13-18)22(29)15-28(33(4,31)32)21-11-9-20(25)10-12-21/h6-13,16-17H,5,14-15H2,1-4H3,(H,26,30)/t16-,17-/m1/s1. The summed E-state index contributed by atoms with van der Waals surface area (Å²) in [4.78, 5) is 27.7. The Kier molecular flexibility index (Phi) is 9.75. The molecule has 0 spiro atoms. The summed E-state index contributed by atoms with van der Waals surface area (Å²) in [7, 11) is -3.77. The molecular weight excluding hydrogens is 530 g/mol. The smallest absolute Gasteiger partial charge is 0.244 e. The van der Waals surface area contributed by atoms with Gasteiger partial charge < -0.3 is 10.2 Å². The van der Waals surface area contributed by atoms with Crippen LogP contribution in [0.2, 0.25) is 5.02 Å². The van der Waals surface area contributed by atoms with E-state index in [0.29, 0.717) is 10.7 Å². The number of amides is 2. The van der Waals surface area contributed by atoms with E-state index in [9.17, 15) is 18.0 Å². The summed E-state index contributed by atoms with van der Waals surface area (Å²) in [5.41, 5.74) is 1.12. The maximum absolute atomic E-state index is 13.4. The number of nitrogens with zero attached hydrogens (tertiary/aromatic N) is 2. The highest BCUT2D eigenvalue weighted by Crippen LogP contribution is 2.22. The molecule has 2 aromatic carbocycles. The van der Waals surface area contributed by atoms with E-state index in [0.717, 1.165) is 27.0 Å². The SMILES string of the molecule is CC[C@@H](C)NC(=O)[C@@H](C)N(Cc1cccc(Br)c1)C(=O)CN(c1ccc(Cl)cc1)S(C)(=O)=O. The number of anilines is 1. The monoisotopic (exact) mass is 557 g/mol. The molecule has 2 aromatic rings. The molecule has 10 heteroatoms. The van der Waals surface area contributed by atoms with Gasteiger partial charge in [0, 0.05) is 22.1 Å². The molecule has 0 aliphatic carbocycles. The van der Waals surface area contributed by atoms with Crippen molar-refractivity contribution >= 4 is 55.1 Å². The number of carbonyl (C=O) groups is 2. The zero-order valence-electron chi connectivity index (χ0n) is 19.1. The molecule has 0 bridgehead atoms. The lowest BCUT2D eigenvalue weighted by Crippen LogP contribution is -2.52. The van der Waals surface area contributed by atoms with Gasteiger partial charge in [-0.3, -0.25) is 13.9 Å². The van der Waals surface area contributed by atoms with Gasteiger partial charge in [0.1, 0.15) is 12.6 Å². The normalized spacial score (nSPS) is 13.2. The summed E-state index contributed by atoms with van der Waals surface area (Å²) in [5.74, 6) is -0.799. The van der Waals surface area contributed by atoms with Crippen LogP contribution in [0.15, 0.2) is 53.0 Å². The average Bonchev–Trinajstić information content (AvgIpc) is 2.75. The van der Waals surface area contributed by atoms with Crippen LogP contribution in [0.5, 0.6) is 0 Å². The molecule has 0 saturated heterocycles. The molecule has 7 nitrogen and oxygen atoms in total. The number of rotatable bonds is 10. The fraction of sp³-hybridized carbons (Fsp3) is 0.391. The summed E-state index contributed by atoms with van der Waals surface area (Å²) >= 11 is 9.35. The third kappa shape index (κ3) is 8.01. The number of nitrogens with one attached hydrogen (secondary N) is 1. The summed E-state index contributed by atoms with van der Waals surface area (Å²) in [6.45, 7) is 5.18. The molecule has 2 atom stereocenters. The van der Waals surface area contributed by atoms with Gasteiger partial charge in [0.05, 0.1) is 11.9 Å². The van der Waals surface area contributed by atoms with E-state index in [2.05, 4.69) is 21.2 Å². The molecule has 0 aliphatic rings. The van der Waals surface area contributed by atoms with E-state index < -0.39 is 28.5 Å². The minimum atomic E-state index is -3.77. The van der Waals surface area contributed by atoms with Crippen LogP contribution in [0.25, 0.3) is 0 Å². The zero-order chi connectivity index (χ0) is 24.8. The number of hydrogen-bond acceptors (Lipinski definition) is 4. The minimum Gasteiger partial charge on any atom is -0.352 e. The van der Waals surface area contributed by atoms with Gasteiger partial charge in [-0.15, -0.1) is 0 Å². The number of sulfonamides is 1. The second-order valence-electron chi connectivity index (χ2n) is 7.89. The first-order valence-electron chi connectivity index (χ1n) is 10.5. The Bertz CT molecular complexity index is 1080. The first-order valence-corrected chi connectivity index (χ1v) is 13.5. The Hall–Kier alpha value is -2.10. The Morgan fingerprint density at radius 3 is 2.30 bits per heavy atom. The highest BCUT2D eigenvalue weighted by molar-refractivity contribution is 9.10. The lowest BCUT2D eigenvalue weighted by atomic mass is 10.1. The second-order valence-corrected chi connectivity index (χ2v) is 11.2. The maximum Gasteiger partial charge on any atom is 0.244 e. The van der Waals surface area contributed by atoms with Gasteiger partial charge in [-0.25, -0.2) is 8.42 Å². The van der Waals surface area contributed by atoms with Crippen LogP contribution in [0.1, 0.15) is 32.8 Å². The third-order valence-electron chi connectivity index (χ3n) is 5.20. The molecule has 0 unspecified atom stereocenters. The molecule has 0 saturated carbocycles. The molecule has 0 aromatic heterocycles. The van der Waals surface area contributed by atoms with Crippen LogP contribution in [-0.2, 0) is 26.2 Å². The van der Waals surface area contributed by atoms with Gasteiger partial charge in [-0.2, -0.15) is 0 Å². The van der Waals surface area contributed by atoms with Gasteiger partial charge in [-0.05, 0) is 62.2 Å². The molecule has 1 N–H and O–H groups in total. The average molecular weight is 559 g/mol. The molecule has 0 fully saturated rings. The largest absolute Gasteiger partial charge is 0.352 e. The number of carbonyl (C=O) groups excluding carboxylic acids is 2. The van der Waals surface area contributed by atoms with E-state index in [1.165, 1.54) is 17.0 Å². The number of hydrogen-bond donors (Lipinski definition) is 1. The molecule has 0 heterocycles. The summed E-state index contributed by atoms with van der Waals surface area (Å²) in [6.07, 6.45) is 1.78. The molecule has 0 aliphatic heterocycles. The molecule has 2 amide bonds. The van der Waals surface area contributed by atoms with Crippen LogP contribution in [0, 0.1) is 0 Å². The van der Waals surface area contributed by atoms with Gasteiger partial charge in [0.2, 0.25) is 21.8 Å². The Morgan fingerprint density at radius 2 is 1.76 bits per heavy atom. The van der Waals surface area contributed by atoms with E-state index in [-0.39, 0.29) is 18.5 Å². The van der Waals surface area contributed by atoms with Gasteiger partial charge in [0.15, 0.2) is 0 Å². The van der Waals surface area contributed by atoms with Gasteiger partial charge in [-0.1, -0.05) is 46.6 Å². The highest BCUT2D eigenvalue weighted by Gasteiger charge is 2.30. The second kappa shape index (κ2) is 11.9. The van der Waals surface area contributed by atoms with Crippen molar-refractivity contribution in [2.75, 3.05) is 17.1 Å². The molecule has 180 valence electrons. The lowest BCUT2D eigenvalue weighted by molar-refractivity contribution is -0.139. The van der Waals surface area contributed by atoms with Gasteiger partial charge >= 0.3 is 0 Å². The van der Waals surface area contributed by atoms with Crippen LogP contribution < -0.4 is 9.62 Å². The Balaban J connectivity index is 2.37. The first kappa shape index (κ1) is 27.1. The highest BCUT2D eigenvalue weighted by atomic mass is 79.9. The van der Waals surface area contributed by atoms with Crippen molar-refractivity contribution in [2.24, 2.45) is 0 Å². The van der Waals surface area contributed by atoms with Crippen molar-refractivity contribution in [3.63, 3.8) is 0 Å². The maximum atomic E-state index is 13.4. The predicted octanol–water partition coefficient (Wildman–Crippen LogP) is 4.20. The number of benzene rings is 2. The third-order valence-corrected chi connectivity index (χ3v) is 7.09. The Labute approximate surface area is 209 Å². The van der Waals surface area contributed by atoms with Crippen molar-refractivity contribution in [3.8, 4) is 0 Å². The topological polar surface area (TPSA) is 86.8 Å². The quantitative estimate of drug-likeness (QED) is 0.474. The lowest BCUT2D eigenvalue weighted by Gasteiger charge is -2.32. The van der Waals surface area contributed by atoms with E-state index >= 15 is 0 Å². The Morgan fingerprint density at radius 1 is 1.12 bits per heavy atom. The van der Waals surface area contributed by atoms with E-state index in [4.69, 9.17) is 11.6 Å². The summed E-state index contributed by atoms with van der Waals surface area (Å²) in [5, 5.41) is 3.34. The number of halogens is 2. The minimum absolute atomic E-state index is 0.0515. The van der Waals surface area contributed by atoms with Crippen molar-refractivity contribution in [3.05, 3.63) is 63.6 Å². The van der Waals surface area contributed by atoms with Crippen molar-refractivity contribution < 1.29 is 18.0 Å². The summed E-state index contributed by atoms with van der Waals surface area (Å²) in [6, 6.07) is 12.7. The fourth-order valence-electron chi connectivity index (χ4n) is 3.10. The van der Waals surface area contributed by atoms with Crippen LogP contribution in [0.4, 0.5) is 5.69 Å². The van der Waals surface area contributed by atoms with Crippen LogP contribution >= 0.6 is 27.5 Å².